The lowest BCUT2D eigenvalue weighted by molar-refractivity contribution is -0.116. The summed E-state index contributed by atoms with van der Waals surface area (Å²) in [5.41, 5.74) is 2.16. The molecule has 0 spiro atoms. The molecule has 1 atom stereocenters. The van der Waals surface area contributed by atoms with Crippen molar-refractivity contribution in [2.45, 2.75) is 50.8 Å². The van der Waals surface area contributed by atoms with Crippen LogP contribution in [0.5, 0.6) is 0 Å². The molecule has 1 aliphatic carbocycles. The maximum Gasteiger partial charge on any atom is 0.224 e. The summed E-state index contributed by atoms with van der Waals surface area (Å²) in [5, 5.41) is 2.43. The highest BCUT2D eigenvalue weighted by Crippen LogP contribution is 2.51. The molecule has 1 fully saturated rings. The second-order valence-electron chi connectivity index (χ2n) is 6.30. The Morgan fingerprint density at radius 3 is 2.70 bits per heavy atom. The van der Waals surface area contributed by atoms with E-state index in [0.717, 1.165) is 18.4 Å². The lowest BCUT2D eigenvalue weighted by Gasteiger charge is -2.31. The second kappa shape index (κ2) is 5.03. The predicted molar refractivity (Wildman–Crippen MR) is 78.5 cm³/mol. The molecule has 1 aromatic rings. The van der Waals surface area contributed by atoms with Gasteiger partial charge in [-0.25, -0.2) is 4.39 Å². The molecule has 108 valence electrons. The normalized spacial score (nSPS) is 22.2. The quantitative estimate of drug-likeness (QED) is 0.796. The minimum Gasteiger partial charge on any atom is -0.326 e. The summed E-state index contributed by atoms with van der Waals surface area (Å²) in [7, 11) is 0. The monoisotopic (exact) mass is 295 g/mol. The second-order valence-corrected chi connectivity index (χ2v) is 6.74. The Bertz CT molecular complexity index is 552. The van der Waals surface area contributed by atoms with E-state index in [1.54, 1.807) is 0 Å². The van der Waals surface area contributed by atoms with Crippen LogP contribution in [-0.2, 0) is 11.2 Å². The molecule has 2 nitrogen and oxygen atoms in total. The Morgan fingerprint density at radius 2 is 2.00 bits per heavy atom. The number of carbonyl (C=O) groups is 1. The summed E-state index contributed by atoms with van der Waals surface area (Å²) in [6.07, 6.45) is 5.56. The number of rotatable bonds is 2. The summed E-state index contributed by atoms with van der Waals surface area (Å²) in [6.45, 7) is 2.15. The van der Waals surface area contributed by atoms with E-state index >= 15 is 0 Å². The van der Waals surface area contributed by atoms with Crippen molar-refractivity contribution in [3.05, 3.63) is 29.1 Å². The first-order valence-electron chi connectivity index (χ1n) is 7.26. The van der Waals surface area contributed by atoms with Gasteiger partial charge in [-0.3, -0.25) is 4.79 Å². The zero-order chi connectivity index (χ0) is 14.3. The third-order valence-corrected chi connectivity index (χ3v) is 5.51. The maximum absolute atomic E-state index is 14.3. The first-order chi connectivity index (χ1) is 9.49. The highest BCUT2D eigenvalue weighted by atomic mass is 35.5. The Morgan fingerprint density at radius 1 is 1.30 bits per heavy atom. The van der Waals surface area contributed by atoms with Crippen LogP contribution in [0.1, 0.15) is 55.5 Å². The molecular formula is C16H19ClFNO. The number of anilines is 1. The van der Waals surface area contributed by atoms with Gasteiger partial charge in [0.1, 0.15) is 5.82 Å². The molecule has 2 aliphatic rings. The molecule has 0 saturated heterocycles. The van der Waals surface area contributed by atoms with Crippen molar-refractivity contribution >= 4 is 23.2 Å². The Hall–Kier alpha value is -1.09. The molecule has 1 heterocycles. The summed E-state index contributed by atoms with van der Waals surface area (Å²) >= 11 is 6.60. The molecule has 4 heteroatoms. The fourth-order valence-electron chi connectivity index (χ4n) is 3.43. The fourth-order valence-corrected chi connectivity index (χ4v) is 3.81. The van der Waals surface area contributed by atoms with Gasteiger partial charge in [-0.2, -0.15) is 0 Å². The van der Waals surface area contributed by atoms with Gasteiger partial charge in [0.15, 0.2) is 0 Å². The molecule has 1 N–H and O–H groups in total. The third-order valence-electron chi connectivity index (χ3n) is 4.75. The van der Waals surface area contributed by atoms with Crippen LogP contribution in [0.2, 0.25) is 0 Å². The SMILES string of the molecule is CC1(C(Cl)c2cc3c(cc2F)NC(=O)CC3)CCCC1. The Kier molecular flexibility index (Phi) is 3.49. The Balaban J connectivity index is 1.96. The van der Waals surface area contributed by atoms with Gasteiger partial charge in [0, 0.05) is 17.7 Å². The van der Waals surface area contributed by atoms with Crippen LogP contribution in [0.25, 0.3) is 0 Å². The summed E-state index contributed by atoms with van der Waals surface area (Å²) < 4.78 is 14.3. The molecule has 3 rings (SSSR count). The fraction of sp³-hybridized carbons (Fsp3) is 0.562. The topological polar surface area (TPSA) is 29.1 Å². The van der Waals surface area contributed by atoms with Crippen LogP contribution >= 0.6 is 11.6 Å². The van der Waals surface area contributed by atoms with E-state index in [9.17, 15) is 9.18 Å². The zero-order valence-electron chi connectivity index (χ0n) is 11.6. The molecule has 0 bridgehead atoms. The first-order valence-corrected chi connectivity index (χ1v) is 7.69. The number of alkyl halides is 1. The van der Waals surface area contributed by atoms with E-state index in [2.05, 4.69) is 12.2 Å². The van der Waals surface area contributed by atoms with E-state index in [1.807, 2.05) is 6.07 Å². The highest BCUT2D eigenvalue weighted by molar-refractivity contribution is 6.21. The van der Waals surface area contributed by atoms with Crippen LogP contribution < -0.4 is 5.32 Å². The minimum absolute atomic E-state index is 0.0193. The molecule has 1 aliphatic heterocycles. The van der Waals surface area contributed by atoms with Crippen molar-refractivity contribution in [2.24, 2.45) is 5.41 Å². The van der Waals surface area contributed by atoms with Crippen molar-refractivity contribution < 1.29 is 9.18 Å². The van der Waals surface area contributed by atoms with Crippen LogP contribution in [0.4, 0.5) is 10.1 Å². The number of benzene rings is 1. The van der Waals surface area contributed by atoms with E-state index in [-0.39, 0.29) is 22.5 Å². The van der Waals surface area contributed by atoms with E-state index in [4.69, 9.17) is 11.6 Å². The van der Waals surface area contributed by atoms with Gasteiger partial charge >= 0.3 is 0 Å². The average molecular weight is 296 g/mol. The molecule has 1 aromatic carbocycles. The number of nitrogens with one attached hydrogen (secondary N) is 1. The van der Waals surface area contributed by atoms with Gasteiger partial charge in [-0.05, 0) is 42.4 Å². The van der Waals surface area contributed by atoms with Crippen LogP contribution in [0, 0.1) is 11.2 Å². The minimum atomic E-state index is -0.306. The first kappa shape index (κ1) is 13.9. The van der Waals surface area contributed by atoms with Gasteiger partial charge < -0.3 is 5.32 Å². The van der Waals surface area contributed by atoms with Gasteiger partial charge in [0.2, 0.25) is 5.91 Å². The Labute approximate surface area is 123 Å². The lowest BCUT2D eigenvalue weighted by atomic mass is 9.80. The number of aryl methyl sites for hydroxylation is 1. The standard InChI is InChI=1S/C16H19ClFNO/c1-16(6-2-3-7-16)15(17)11-8-10-4-5-14(20)19-13(10)9-12(11)18/h8-9,15H,2-7H2,1H3,(H,19,20). The number of carbonyl (C=O) groups excluding carboxylic acids is 1. The van der Waals surface area contributed by atoms with Crippen LogP contribution in [0.3, 0.4) is 0 Å². The lowest BCUT2D eigenvalue weighted by Crippen LogP contribution is -2.22. The van der Waals surface area contributed by atoms with Crippen molar-refractivity contribution in [3.63, 3.8) is 0 Å². The predicted octanol–water partition coefficient (Wildman–Crippen LogP) is 4.57. The van der Waals surface area contributed by atoms with Crippen molar-refractivity contribution in [3.8, 4) is 0 Å². The highest BCUT2D eigenvalue weighted by Gasteiger charge is 2.38. The molecule has 1 saturated carbocycles. The van der Waals surface area contributed by atoms with Crippen molar-refractivity contribution in [1.82, 2.24) is 0 Å². The molecular weight excluding hydrogens is 277 g/mol. The summed E-state index contributed by atoms with van der Waals surface area (Å²) in [5.74, 6) is -0.353. The average Bonchev–Trinajstić information content (AvgIpc) is 2.85. The smallest absolute Gasteiger partial charge is 0.224 e. The number of hydrogen-bond acceptors (Lipinski definition) is 1. The van der Waals surface area contributed by atoms with E-state index < -0.39 is 0 Å². The summed E-state index contributed by atoms with van der Waals surface area (Å²) in [6, 6.07) is 3.28. The van der Waals surface area contributed by atoms with Crippen molar-refractivity contribution in [2.75, 3.05) is 5.32 Å². The maximum atomic E-state index is 14.3. The molecule has 1 unspecified atom stereocenters. The largest absolute Gasteiger partial charge is 0.326 e. The van der Waals surface area contributed by atoms with Gasteiger partial charge in [-0.1, -0.05) is 19.8 Å². The number of amides is 1. The number of fused-ring (bicyclic) bond motifs is 1. The summed E-state index contributed by atoms with van der Waals surface area (Å²) in [4.78, 5) is 11.4. The van der Waals surface area contributed by atoms with Gasteiger partial charge in [0.05, 0.1) is 5.38 Å². The molecule has 0 radical (unpaired) electrons. The zero-order valence-corrected chi connectivity index (χ0v) is 12.4. The van der Waals surface area contributed by atoms with Crippen molar-refractivity contribution in [1.29, 1.82) is 0 Å². The molecule has 1 amide bonds. The van der Waals surface area contributed by atoms with Gasteiger partial charge in [-0.15, -0.1) is 11.6 Å². The molecule has 0 aromatic heterocycles. The van der Waals surface area contributed by atoms with Crippen LogP contribution in [0.15, 0.2) is 12.1 Å². The van der Waals surface area contributed by atoms with Crippen LogP contribution in [-0.4, -0.2) is 5.91 Å². The number of hydrogen-bond donors (Lipinski definition) is 1. The van der Waals surface area contributed by atoms with Gasteiger partial charge in [0.25, 0.3) is 0 Å². The molecule has 20 heavy (non-hydrogen) atoms. The number of halogens is 2. The van der Waals surface area contributed by atoms with E-state index in [0.29, 0.717) is 24.1 Å². The third kappa shape index (κ3) is 2.32. The van der Waals surface area contributed by atoms with E-state index in [1.165, 1.54) is 18.9 Å².